The molecule has 0 saturated heterocycles. The molecule has 1 heterocycles. The normalized spacial score (nSPS) is 10.7. The molecule has 0 N–H and O–H groups in total. The molecule has 3 nitrogen and oxygen atoms in total. The molecule has 0 unspecified atom stereocenters. The van der Waals surface area contributed by atoms with Crippen LogP contribution >= 0.6 is 0 Å². The van der Waals surface area contributed by atoms with Crippen LogP contribution in [0, 0.1) is 5.82 Å². The van der Waals surface area contributed by atoms with Gasteiger partial charge in [0.2, 0.25) is 0 Å². The van der Waals surface area contributed by atoms with Crippen LogP contribution in [-0.4, -0.2) is 30.0 Å². The average Bonchev–Trinajstić information content (AvgIpc) is 2.97. The van der Waals surface area contributed by atoms with Gasteiger partial charge in [-0.15, -0.1) is 0 Å². The number of rotatable bonds is 4. The SMILES string of the molecule is Fc1ccc([Se]Cc2cn(-c3ccccc3)nn2)cc1. The number of para-hydroxylation sites is 1. The maximum absolute atomic E-state index is 12.8. The van der Waals surface area contributed by atoms with Crippen LogP contribution in [0.25, 0.3) is 5.69 Å². The Bertz CT molecular complexity index is 680. The number of halogens is 1. The molecular formula is C15H12FN3Se. The fourth-order valence-corrected chi connectivity index (χ4v) is 3.39. The summed E-state index contributed by atoms with van der Waals surface area (Å²) in [5, 5.41) is 9.16. The summed E-state index contributed by atoms with van der Waals surface area (Å²) in [6.07, 6.45) is 1.95. The predicted octanol–water partition coefficient (Wildman–Crippen LogP) is 1.94. The topological polar surface area (TPSA) is 30.7 Å². The van der Waals surface area contributed by atoms with Crippen molar-refractivity contribution in [3.63, 3.8) is 0 Å². The van der Waals surface area contributed by atoms with Crippen molar-refractivity contribution in [3.8, 4) is 5.69 Å². The second-order valence-electron chi connectivity index (χ2n) is 4.23. The summed E-state index contributed by atoms with van der Waals surface area (Å²) >= 11 is 0.241. The number of hydrogen-bond acceptors (Lipinski definition) is 2. The van der Waals surface area contributed by atoms with Gasteiger partial charge in [-0.2, -0.15) is 0 Å². The van der Waals surface area contributed by atoms with Gasteiger partial charge in [0.1, 0.15) is 0 Å². The molecule has 0 aliphatic rings. The molecule has 5 heteroatoms. The number of benzene rings is 2. The van der Waals surface area contributed by atoms with Gasteiger partial charge in [-0.3, -0.25) is 0 Å². The molecule has 0 saturated carbocycles. The third-order valence-electron chi connectivity index (χ3n) is 2.76. The van der Waals surface area contributed by atoms with Gasteiger partial charge in [0.15, 0.2) is 0 Å². The second-order valence-corrected chi connectivity index (χ2v) is 6.43. The van der Waals surface area contributed by atoms with E-state index in [0.29, 0.717) is 0 Å². The Balaban J connectivity index is 1.67. The van der Waals surface area contributed by atoms with Crippen molar-refractivity contribution >= 4 is 19.4 Å². The van der Waals surface area contributed by atoms with Crippen LogP contribution in [0.4, 0.5) is 4.39 Å². The van der Waals surface area contributed by atoms with E-state index in [-0.39, 0.29) is 20.8 Å². The fraction of sp³-hybridized carbons (Fsp3) is 0.0667. The first-order valence-electron chi connectivity index (χ1n) is 6.16. The van der Waals surface area contributed by atoms with E-state index in [2.05, 4.69) is 10.3 Å². The van der Waals surface area contributed by atoms with E-state index in [1.165, 1.54) is 12.1 Å². The van der Waals surface area contributed by atoms with Crippen LogP contribution in [0.15, 0.2) is 60.8 Å². The van der Waals surface area contributed by atoms with E-state index in [1.54, 1.807) is 4.68 Å². The summed E-state index contributed by atoms with van der Waals surface area (Å²) in [6.45, 7) is 0. The van der Waals surface area contributed by atoms with Crippen molar-refractivity contribution in [2.45, 2.75) is 5.32 Å². The van der Waals surface area contributed by atoms with E-state index in [9.17, 15) is 4.39 Å². The molecule has 0 atom stereocenters. The second kappa shape index (κ2) is 5.99. The van der Waals surface area contributed by atoms with E-state index < -0.39 is 0 Å². The van der Waals surface area contributed by atoms with Crippen molar-refractivity contribution in [1.82, 2.24) is 15.0 Å². The summed E-state index contributed by atoms with van der Waals surface area (Å²) in [5.74, 6) is -0.195. The molecule has 3 rings (SSSR count). The van der Waals surface area contributed by atoms with Gasteiger partial charge >= 0.3 is 122 Å². The Morgan fingerprint density at radius 2 is 1.75 bits per heavy atom. The maximum atomic E-state index is 12.8. The zero-order valence-corrected chi connectivity index (χ0v) is 12.3. The van der Waals surface area contributed by atoms with Gasteiger partial charge in [-0.25, -0.2) is 0 Å². The average molecular weight is 332 g/mol. The van der Waals surface area contributed by atoms with Crippen molar-refractivity contribution in [3.05, 3.63) is 72.3 Å². The van der Waals surface area contributed by atoms with Crippen LogP contribution in [0.3, 0.4) is 0 Å². The van der Waals surface area contributed by atoms with Crippen LogP contribution < -0.4 is 4.46 Å². The molecule has 2 aromatic carbocycles. The monoisotopic (exact) mass is 333 g/mol. The number of nitrogens with zero attached hydrogens (tertiary/aromatic N) is 3. The molecule has 0 radical (unpaired) electrons. The molecule has 0 aliphatic heterocycles. The zero-order valence-electron chi connectivity index (χ0n) is 10.6. The van der Waals surface area contributed by atoms with Crippen LogP contribution in [0.1, 0.15) is 5.69 Å². The predicted molar refractivity (Wildman–Crippen MR) is 76.9 cm³/mol. The van der Waals surface area contributed by atoms with Crippen molar-refractivity contribution in [1.29, 1.82) is 0 Å². The Morgan fingerprint density at radius 3 is 2.50 bits per heavy atom. The molecule has 3 aromatic rings. The minimum atomic E-state index is -0.195. The van der Waals surface area contributed by atoms with E-state index in [1.807, 2.05) is 48.7 Å². The van der Waals surface area contributed by atoms with Gasteiger partial charge < -0.3 is 0 Å². The van der Waals surface area contributed by atoms with Gasteiger partial charge in [0, 0.05) is 0 Å². The summed E-state index contributed by atoms with van der Waals surface area (Å²) in [7, 11) is 0. The molecule has 1 aromatic heterocycles. The van der Waals surface area contributed by atoms with E-state index >= 15 is 0 Å². The van der Waals surface area contributed by atoms with Gasteiger partial charge in [-0.1, -0.05) is 0 Å². The van der Waals surface area contributed by atoms with Crippen molar-refractivity contribution in [2.24, 2.45) is 0 Å². The quantitative estimate of drug-likeness (QED) is 0.684. The van der Waals surface area contributed by atoms with Gasteiger partial charge in [0.05, 0.1) is 0 Å². The number of hydrogen-bond donors (Lipinski definition) is 0. The summed E-state index contributed by atoms with van der Waals surface area (Å²) in [6, 6.07) is 16.5. The Kier molecular flexibility index (Phi) is 3.90. The number of aromatic nitrogens is 3. The van der Waals surface area contributed by atoms with Gasteiger partial charge in [-0.05, 0) is 0 Å². The van der Waals surface area contributed by atoms with E-state index in [4.69, 9.17) is 0 Å². The first-order chi connectivity index (χ1) is 9.81. The summed E-state index contributed by atoms with van der Waals surface area (Å²) in [5.41, 5.74) is 1.96. The molecule has 0 bridgehead atoms. The minimum absolute atomic E-state index is 0.195. The standard InChI is InChI=1S/C15H12FN3Se/c16-12-6-8-15(9-7-12)20-11-13-10-19(18-17-13)14-4-2-1-3-5-14/h1-10H,11H2. The first-order valence-corrected chi connectivity index (χ1v) is 8.23. The zero-order chi connectivity index (χ0) is 13.8. The summed E-state index contributed by atoms with van der Waals surface area (Å²) in [4.78, 5) is 0. The third kappa shape index (κ3) is 3.13. The fourth-order valence-electron chi connectivity index (χ4n) is 1.76. The van der Waals surface area contributed by atoms with Crippen LogP contribution in [0.2, 0.25) is 0 Å². The van der Waals surface area contributed by atoms with Crippen molar-refractivity contribution in [2.75, 3.05) is 0 Å². The summed E-state index contributed by atoms with van der Waals surface area (Å²) < 4.78 is 15.8. The van der Waals surface area contributed by atoms with Crippen molar-refractivity contribution < 1.29 is 4.39 Å². The first kappa shape index (κ1) is 13.0. The molecule has 0 fully saturated rings. The third-order valence-corrected chi connectivity index (χ3v) is 4.96. The molecular weight excluding hydrogens is 320 g/mol. The van der Waals surface area contributed by atoms with E-state index in [0.717, 1.165) is 21.2 Å². The van der Waals surface area contributed by atoms with Crippen LogP contribution in [0.5, 0.6) is 0 Å². The van der Waals surface area contributed by atoms with Crippen LogP contribution in [-0.2, 0) is 5.32 Å². The Hall–Kier alpha value is -1.97. The molecule has 0 spiro atoms. The molecule has 20 heavy (non-hydrogen) atoms. The Morgan fingerprint density at radius 1 is 1.00 bits per heavy atom. The van der Waals surface area contributed by atoms with Gasteiger partial charge in [0.25, 0.3) is 0 Å². The Labute approximate surface area is 122 Å². The molecule has 0 aliphatic carbocycles. The molecule has 100 valence electrons. The molecule has 0 amide bonds.